The molecule has 2 aromatic carbocycles. The number of nitrogens with zero attached hydrogens (tertiary/aromatic N) is 2. The van der Waals surface area contributed by atoms with Crippen molar-refractivity contribution in [1.29, 1.82) is 0 Å². The van der Waals surface area contributed by atoms with Crippen LogP contribution in [0.1, 0.15) is 60.9 Å². The van der Waals surface area contributed by atoms with E-state index in [0.717, 1.165) is 17.7 Å². The topological polar surface area (TPSA) is 84.0 Å². The Kier molecular flexibility index (Phi) is 4.79. The lowest BCUT2D eigenvalue weighted by Gasteiger charge is -2.39. The van der Waals surface area contributed by atoms with Gasteiger partial charge < -0.3 is 0 Å². The number of aryl methyl sites for hydroxylation is 1. The van der Waals surface area contributed by atoms with E-state index in [1.165, 1.54) is 0 Å². The zero-order chi connectivity index (χ0) is 23.8. The van der Waals surface area contributed by atoms with Crippen LogP contribution in [0.4, 0.5) is 0 Å². The summed E-state index contributed by atoms with van der Waals surface area (Å²) in [6.45, 7) is 8.24. The molecule has 2 aliphatic rings. The molecule has 1 heterocycles. The number of hydrogen-bond acceptors (Lipinski definition) is 4. The lowest BCUT2D eigenvalue weighted by molar-refractivity contribution is -0.131. The Morgan fingerprint density at radius 3 is 2.06 bits per heavy atom. The second-order valence-corrected chi connectivity index (χ2v) is 10.6. The van der Waals surface area contributed by atoms with E-state index < -0.39 is 10.8 Å². The summed E-state index contributed by atoms with van der Waals surface area (Å²) in [5, 5.41) is 0.799. The molecule has 170 valence electrons. The Labute approximate surface area is 202 Å². The maximum absolute atomic E-state index is 13.8. The average Bonchev–Trinajstić information content (AvgIpc) is 3.07. The molecule has 6 nitrogen and oxygen atoms in total. The summed E-state index contributed by atoms with van der Waals surface area (Å²) in [6, 6.07) is 10.5. The molecule has 2 bridgehead atoms. The molecule has 2 amide bonds. The summed E-state index contributed by atoms with van der Waals surface area (Å²) in [4.78, 5) is 36.2. The van der Waals surface area contributed by atoms with Crippen molar-refractivity contribution in [2.75, 3.05) is 0 Å². The van der Waals surface area contributed by atoms with Crippen LogP contribution < -0.4 is 10.9 Å². The maximum Gasteiger partial charge on any atom is 0.269 e. The van der Waals surface area contributed by atoms with Crippen molar-refractivity contribution in [1.82, 2.24) is 20.8 Å². The Morgan fingerprint density at radius 1 is 0.879 bits per heavy atom. The fourth-order valence-electron chi connectivity index (χ4n) is 5.60. The first kappa shape index (κ1) is 22.1. The zero-order valence-corrected chi connectivity index (χ0v) is 20.4. The minimum absolute atomic E-state index is 0.288. The van der Waals surface area contributed by atoms with Crippen LogP contribution in [0.25, 0.3) is 11.0 Å². The highest BCUT2D eigenvalue weighted by Crippen LogP contribution is 2.70. The number of benzene rings is 2. The van der Waals surface area contributed by atoms with Gasteiger partial charge in [-0.3, -0.25) is 20.4 Å². The highest BCUT2D eigenvalue weighted by molar-refractivity contribution is 6.42. The van der Waals surface area contributed by atoms with Crippen LogP contribution in [0.15, 0.2) is 36.4 Å². The number of carbonyl (C=O) groups excluding carboxylic acids is 2. The van der Waals surface area contributed by atoms with Crippen LogP contribution in [-0.4, -0.2) is 21.8 Å². The van der Waals surface area contributed by atoms with Gasteiger partial charge in [0.1, 0.15) is 5.41 Å². The Bertz CT molecular complexity index is 1340. The third kappa shape index (κ3) is 2.87. The predicted octanol–water partition coefficient (Wildman–Crippen LogP) is 5.04. The molecule has 33 heavy (non-hydrogen) atoms. The third-order valence-corrected chi connectivity index (χ3v) is 8.79. The number of rotatable bonds is 2. The number of fused-ring (bicyclic) bond motifs is 6. The molecule has 2 N–H and O–H groups in total. The van der Waals surface area contributed by atoms with Crippen LogP contribution in [0.2, 0.25) is 10.0 Å². The molecule has 0 saturated heterocycles. The van der Waals surface area contributed by atoms with E-state index in [9.17, 15) is 9.59 Å². The van der Waals surface area contributed by atoms with Crippen molar-refractivity contribution < 1.29 is 9.59 Å². The number of amides is 2. The Morgan fingerprint density at radius 2 is 1.45 bits per heavy atom. The Balaban J connectivity index is 1.55. The number of aromatic nitrogens is 2. The molecular weight excluding hydrogens is 459 g/mol. The molecule has 1 saturated carbocycles. The normalized spacial score (nSPS) is 24.5. The van der Waals surface area contributed by atoms with Gasteiger partial charge in [0.25, 0.3) is 11.8 Å². The van der Waals surface area contributed by atoms with E-state index in [1.807, 2.05) is 19.1 Å². The van der Waals surface area contributed by atoms with Crippen molar-refractivity contribution in [3.8, 4) is 0 Å². The summed E-state index contributed by atoms with van der Waals surface area (Å²) in [6.07, 6.45) is 1.39. The molecule has 0 spiro atoms. The fraction of sp³-hybridized carbons (Fsp3) is 0.360. The standard InChI is InChI=1S/C25H24Cl2N4O2/c1-13-5-7-14(8-6-13)21(32)30-31-22(33)25-10-9-24(4,23(25,2)3)19-20(25)29-18-12-16(27)15(26)11-17(18)28-19/h5-8,11-12H,9-10H2,1-4H3,(H,30,32)(H,31,33). The molecule has 1 fully saturated rings. The minimum atomic E-state index is -0.940. The first-order valence-corrected chi connectivity index (χ1v) is 11.6. The van der Waals surface area contributed by atoms with Gasteiger partial charge in [0.05, 0.1) is 32.5 Å². The van der Waals surface area contributed by atoms with Gasteiger partial charge >= 0.3 is 0 Å². The third-order valence-electron chi connectivity index (χ3n) is 8.07. The average molecular weight is 483 g/mol. The number of hydrogen-bond donors (Lipinski definition) is 2. The monoisotopic (exact) mass is 482 g/mol. The van der Waals surface area contributed by atoms with Crippen molar-refractivity contribution in [3.63, 3.8) is 0 Å². The summed E-state index contributed by atoms with van der Waals surface area (Å²) in [5.74, 6) is -0.660. The molecule has 2 aliphatic carbocycles. The SMILES string of the molecule is Cc1ccc(C(=O)NNC(=O)C23CCC(C)(c4nc5cc(Cl)c(Cl)cc5nc42)C3(C)C)cc1. The molecule has 2 atom stereocenters. The molecule has 8 heteroatoms. The van der Waals surface area contributed by atoms with E-state index in [1.54, 1.807) is 24.3 Å². The molecule has 2 unspecified atom stereocenters. The van der Waals surface area contributed by atoms with Gasteiger partial charge in [-0.05, 0) is 49.4 Å². The lowest BCUT2D eigenvalue weighted by atomic mass is 9.63. The predicted molar refractivity (Wildman–Crippen MR) is 128 cm³/mol. The second-order valence-electron chi connectivity index (χ2n) is 9.81. The van der Waals surface area contributed by atoms with Gasteiger partial charge in [-0.2, -0.15) is 0 Å². The van der Waals surface area contributed by atoms with Gasteiger partial charge in [0.2, 0.25) is 0 Å². The van der Waals surface area contributed by atoms with Gasteiger partial charge in [-0.1, -0.05) is 61.7 Å². The lowest BCUT2D eigenvalue weighted by Crippen LogP contribution is -2.55. The molecule has 0 aliphatic heterocycles. The van der Waals surface area contributed by atoms with Crippen LogP contribution in [0, 0.1) is 12.3 Å². The van der Waals surface area contributed by atoms with E-state index in [4.69, 9.17) is 33.2 Å². The zero-order valence-electron chi connectivity index (χ0n) is 18.8. The molecule has 0 radical (unpaired) electrons. The first-order chi connectivity index (χ1) is 15.5. The van der Waals surface area contributed by atoms with Gasteiger partial charge in [-0.15, -0.1) is 0 Å². The highest BCUT2D eigenvalue weighted by Gasteiger charge is 2.73. The highest BCUT2D eigenvalue weighted by atomic mass is 35.5. The minimum Gasteiger partial charge on any atom is -0.272 e. The van der Waals surface area contributed by atoms with E-state index in [2.05, 4.69) is 31.6 Å². The summed E-state index contributed by atoms with van der Waals surface area (Å²) >= 11 is 12.4. The first-order valence-electron chi connectivity index (χ1n) is 10.9. The summed E-state index contributed by atoms with van der Waals surface area (Å²) < 4.78 is 0. The van der Waals surface area contributed by atoms with Crippen LogP contribution in [0.3, 0.4) is 0 Å². The van der Waals surface area contributed by atoms with Crippen LogP contribution in [-0.2, 0) is 15.6 Å². The molecule has 5 rings (SSSR count). The van der Waals surface area contributed by atoms with Crippen molar-refractivity contribution in [2.24, 2.45) is 5.41 Å². The molecule has 1 aromatic heterocycles. The van der Waals surface area contributed by atoms with Crippen LogP contribution in [0.5, 0.6) is 0 Å². The quantitative estimate of drug-likeness (QED) is 0.501. The number of nitrogens with one attached hydrogen (secondary N) is 2. The number of hydrazine groups is 1. The Hall–Kier alpha value is -2.70. The molecular formula is C25H24Cl2N4O2. The maximum atomic E-state index is 13.8. The smallest absolute Gasteiger partial charge is 0.269 e. The van der Waals surface area contributed by atoms with Crippen molar-refractivity contribution in [3.05, 3.63) is 69.0 Å². The van der Waals surface area contributed by atoms with Crippen LogP contribution >= 0.6 is 23.2 Å². The number of carbonyl (C=O) groups is 2. The molecule has 3 aromatic rings. The van der Waals surface area contributed by atoms with E-state index >= 15 is 0 Å². The van der Waals surface area contributed by atoms with Gasteiger partial charge in [-0.25, -0.2) is 9.97 Å². The van der Waals surface area contributed by atoms with Crippen molar-refractivity contribution in [2.45, 2.75) is 51.4 Å². The summed E-state index contributed by atoms with van der Waals surface area (Å²) in [5.41, 5.74) is 7.71. The van der Waals surface area contributed by atoms with Crippen molar-refractivity contribution >= 4 is 46.0 Å². The van der Waals surface area contributed by atoms with Gasteiger partial charge in [0.15, 0.2) is 0 Å². The van der Waals surface area contributed by atoms with Gasteiger partial charge in [0, 0.05) is 11.0 Å². The largest absolute Gasteiger partial charge is 0.272 e. The van der Waals surface area contributed by atoms with E-state index in [-0.39, 0.29) is 17.2 Å². The second kappa shape index (κ2) is 7.15. The number of halogens is 2. The van der Waals surface area contributed by atoms with E-state index in [0.29, 0.717) is 38.8 Å². The fourth-order valence-corrected chi connectivity index (χ4v) is 5.91. The summed E-state index contributed by atoms with van der Waals surface area (Å²) in [7, 11) is 0.